The molecule has 0 heterocycles. The zero-order chi connectivity index (χ0) is 15.5. The highest BCUT2D eigenvalue weighted by Gasteiger charge is 2.22. The molecule has 110 valence electrons. The van der Waals surface area contributed by atoms with Crippen LogP contribution in [-0.2, 0) is 0 Å². The Morgan fingerprint density at radius 2 is 2.05 bits per heavy atom. The summed E-state index contributed by atoms with van der Waals surface area (Å²) in [6, 6.07) is 3.75. The summed E-state index contributed by atoms with van der Waals surface area (Å²) in [5, 5.41) is 22.9. The number of hydrogen-bond acceptors (Lipinski definition) is 4. The summed E-state index contributed by atoms with van der Waals surface area (Å²) in [6.45, 7) is 8.83. The standard InChI is InChI=1S/C14H20N2O4/c1-9(14(2,3)4)8-15-11-7-10(13(17)18)5-6-12(11)16(19)20/h5-7,9,15H,8H2,1-4H3,(H,17,18). The quantitative estimate of drug-likeness (QED) is 0.637. The van der Waals surface area contributed by atoms with Gasteiger partial charge < -0.3 is 10.4 Å². The van der Waals surface area contributed by atoms with Crippen molar-refractivity contribution in [2.45, 2.75) is 27.7 Å². The van der Waals surface area contributed by atoms with Crippen molar-refractivity contribution in [1.29, 1.82) is 0 Å². The van der Waals surface area contributed by atoms with E-state index in [1.54, 1.807) is 0 Å². The molecular weight excluding hydrogens is 260 g/mol. The fourth-order valence-corrected chi connectivity index (χ4v) is 1.54. The van der Waals surface area contributed by atoms with E-state index in [9.17, 15) is 14.9 Å². The first-order valence-corrected chi connectivity index (χ1v) is 6.38. The van der Waals surface area contributed by atoms with Crippen LogP contribution in [0, 0.1) is 21.4 Å². The lowest BCUT2D eigenvalue weighted by Gasteiger charge is -2.27. The number of carboxylic acids is 1. The van der Waals surface area contributed by atoms with Gasteiger partial charge in [-0.3, -0.25) is 10.1 Å². The Kier molecular flexibility index (Phi) is 4.70. The SMILES string of the molecule is CC(CNc1cc(C(=O)O)ccc1[N+](=O)[O-])C(C)(C)C. The van der Waals surface area contributed by atoms with Crippen LogP contribution in [0.3, 0.4) is 0 Å². The smallest absolute Gasteiger partial charge is 0.335 e. The van der Waals surface area contributed by atoms with E-state index in [4.69, 9.17) is 5.11 Å². The first kappa shape index (κ1) is 15.9. The Hall–Kier alpha value is -2.11. The minimum atomic E-state index is -1.10. The van der Waals surface area contributed by atoms with E-state index in [1.165, 1.54) is 18.2 Å². The van der Waals surface area contributed by atoms with Gasteiger partial charge in [0.1, 0.15) is 5.69 Å². The van der Waals surface area contributed by atoms with Gasteiger partial charge in [-0.2, -0.15) is 0 Å². The maximum absolute atomic E-state index is 11.0. The summed E-state index contributed by atoms with van der Waals surface area (Å²) in [5.41, 5.74) is 0.218. The number of hydrogen-bond donors (Lipinski definition) is 2. The molecule has 0 saturated heterocycles. The highest BCUT2D eigenvalue weighted by atomic mass is 16.6. The Balaban J connectivity index is 2.99. The van der Waals surface area contributed by atoms with Crippen molar-refractivity contribution >= 4 is 17.3 Å². The number of nitrogens with zero attached hydrogens (tertiary/aromatic N) is 1. The van der Waals surface area contributed by atoms with Crippen molar-refractivity contribution in [2.24, 2.45) is 11.3 Å². The highest BCUT2D eigenvalue weighted by molar-refractivity contribution is 5.90. The second-order valence-electron chi connectivity index (χ2n) is 5.94. The Morgan fingerprint density at radius 3 is 2.50 bits per heavy atom. The van der Waals surface area contributed by atoms with Gasteiger partial charge in [-0.25, -0.2) is 4.79 Å². The zero-order valence-corrected chi connectivity index (χ0v) is 12.1. The number of benzene rings is 1. The maximum Gasteiger partial charge on any atom is 0.335 e. The molecule has 20 heavy (non-hydrogen) atoms. The van der Waals surface area contributed by atoms with E-state index in [0.29, 0.717) is 6.54 Å². The third-order valence-corrected chi connectivity index (χ3v) is 3.52. The summed E-state index contributed by atoms with van der Waals surface area (Å²) in [4.78, 5) is 21.4. The van der Waals surface area contributed by atoms with Gasteiger partial charge in [0, 0.05) is 12.6 Å². The first-order chi connectivity index (χ1) is 9.12. The number of nitro groups is 1. The highest BCUT2D eigenvalue weighted by Crippen LogP contribution is 2.29. The molecule has 6 nitrogen and oxygen atoms in total. The molecule has 0 spiro atoms. The van der Waals surface area contributed by atoms with Crippen molar-refractivity contribution in [1.82, 2.24) is 0 Å². The van der Waals surface area contributed by atoms with Gasteiger partial charge in [0.05, 0.1) is 10.5 Å². The van der Waals surface area contributed by atoms with Crippen LogP contribution in [0.25, 0.3) is 0 Å². The third-order valence-electron chi connectivity index (χ3n) is 3.52. The fourth-order valence-electron chi connectivity index (χ4n) is 1.54. The molecule has 0 saturated carbocycles. The lowest BCUT2D eigenvalue weighted by atomic mass is 9.82. The van der Waals surface area contributed by atoms with Crippen LogP contribution in [0.2, 0.25) is 0 Å². The van der Waals surface area contributed by atoms with Gasteiger partial charge in [0.25, 0.3) is 5.69 Å². The fraction of sp³-hybridized carbons (Fsp3) is 0.500. The summed E-state index contributed by atoms with van der Waals surface area (Å²) >= 11 is 0. The molecule has 1 atom stereocenters. The predicted octanol–water partition coefficient (Wildman–Crippen LogP) is 3.39. The number of carbonyl (C=O) groups is 1. The van der Waals surface area contributed by atoms with Crippen molar-refractivity contribution in [3.05, 3.63) is 33.9 Å². The van der Waals surface area contributed by atoms with E-state index in [-0.39, 0.29) is 28.3 Å². The summed E-state index contributed by atoms with van der Waals surface area (Å²) in [5.74, 6) is -0.831. The number of nitro benzene ring substituents is 1. The second-order valence-corrected chi connectivity index (χ2v) is 5.94. The molecule has 0 aliphatic carbocycles. The molecule has 2 N–H and O–H groups in total. The van der Waals surface area contributed by atoms with Gasteiger partial charge >= 0.3 is 5.97 Å². The molecule has 0 bridgehead atoms. The molecule has 0 aliphatic rings. The molecule has 1 aromatic carbocycles. The van der Waals surface area contributed by atoms with Crippen molar-refractivity contribution in [2.75, 3.05) is 11.9 Å². The molecule has 0 fully saturated rings. The van der Waals surface area contributed by atoms with E-state index in [2.05, 4.69) is 26.1 Å². The third kappa shape index (κ3) is 3.94. The lowest BCUT2D eigenvalue weighted by molar-refractivity contribution is -0.384. The summed E-state index contributed by atoms with van der Waals surface area (Å²) in [7, 11) is 0. The second kappa shape index (κ2) is 5.90. The van der Waals surface area contributed by atoms with Crippen LogP contribution in [0.1, 0.15) is 38.1 Å². The van der Waals surface area contributed by atoms with Gasteiger partial charge in [0.2, 0.25) is 0 Å². The first-order valence-electron chi connectivity index (χ1n) is 6.38. The van der Waals surface area contributed by atoms with E-state index in [1.807, 2.05) is 6.92 Å². The van der Waals surface area contributed by atoms with Crippen molar-refractivity contribution in [3.63, 3.8) is 0 Å². The number of aromatic carboxylic acids is 1. The van der Waals surface area contributed by atoms with Crippen molar-refractivity contribution in [3.8, 4) is 0 Å². The molecular formula is C14H20N2O4. The minimum Gasteiger partial charge on any atom is -0.478 e. The topological polar surface area (TPSA) is 92.5 Å². The average Bonchev–Trinajstić information content (AvgIpc) is 2.33. The molecule has 1 aromatic rings. The van der Waals surface area contributed by atoms with Crippen LogP contribution < -0.4 is 5.32 Å². The monoisotopic (exact) mass is 280 g/mol. The van der Waals surface area contributed by atoms with E-state index in [0.717, 1.165) is 0 Å². The van der Waals surface area contributed by atoms with Crippen LogP contribution in [0.15, 0.2) is 18.2 Å². The minimum absolute atomic E-state index is 0.0292. The Labute approximate surface area is 118 Å². The van der Waals surface area contributed by atoms with Crippen molar-refractivity contribution < 1.29 is 14.8 Å². The number of nitrogens with one attached hydrogen (secondary N) is 1. The van der Waals surface area contributed by atoms with Crippen LogP contribution >= 0.6 is 0 Å². The number of anilines is 1. The van der Waals surface area contributed by atoms with E-state index < -0.39 is 10.9 Å². The number of rotatable bonds is 5. The largest absolute Gasteiger partial charge is 0.478 e. The molecule has 0 radical (unpaired) electrons. The molecule has 1 rings (SSSR count). The van der Waals surface area contributed by atoms with E-state index >= 15 is 0 Å². The predicted molar refractivity (Wildman–Crippen MR) is 77.2 cm³/mol. The van der Waals surface area contributed by atoms with Gasteiger partial charge in [0.15, 0.2) is 0 Å². The summed E-state index contributed by atoms with van der Waals surface area (Å²) < 4.78 is 0. The Bertz CT molecular complexity index is 520. The van der Waals surface area contributed by atoms with Gasteiger partial charge in [-0.15, -0.1) is 0 Å². The summed E-state index contributed by atoms with van der Waals surface area (Å²) in [6.07, 6.45) is 0. The molecule has 0 amide bonds. The zero-order valence-electron chi connectivity index (χ0n) is 12.1. The van der Waals surface area contributed by atoms with Crippen LogP contribution in [0.4, 0.5) is 11.4 Å². The van der Waals surface area contributed by atoms with Gasteiger partial charge in [-0.05, 0) is 23.5 Å². The molecule has 0 aromatic heterocycles. The molecule has 6 heteroatoms. The molecule has 1 unspecified atom stereocenters. The number of carboxylic acid groups (broad SMARTS) is 1. The van der Waals surface area contributed by atoms with Crippen LogP contribution in [0.5, 0.6) is 0 Å². The average molecular weight is 280 g/mol. The van der Waals surface area contributed by atoms with Crippen LogP contribution in [-0.4, -0.2) is 22.5 Å². The normalized spacial score (nSPS) is 12.8. The maximum atomic E-state index is 11.0. The van der Waals surface area contributed by atoms with Gasteiger partial charge in [-0.1, -0.05) is 27.7 Å². The Morgan fingerprint density at radius 1 is 1.45 bits per heavy atom. The molecule has 0 aliphatic heterocycles. The lowest BCUT2D eigenvalue weighted by Crippen LogP contribution is -2.25.